The highest BCUT2D eigenvalue weighted by Gasteiger charge is 2.50. The van der Waals surface area contributed by atoms with Crippen LogP contribution in [0.25, 0.3) is 0 Å². The Morgan fingerprint density at radius 1 is 1.10 bits per heavy atom. The minimum Gasteiger partial charge on any atom is -0.424 e. The smallest absolute Gasteiger partial charge is 0.238 e. The topological polar surface area (TPSA) is 88.3 Å². The number of likely N-dealkylation sites (N-methyl/N-ethyl adjacent to an activating group) is 1. The van der Waals surface area contributed by atoms with Gasteiger partial charge in [-0.15, -0.1) is 10.2 Å². The Bertz CT molecular complexity index is 1050. The summed E-state index contributed by atoms with van der Waals surface area (Å²) < 4.78 is 5.31. The number of rotatable bonds is 6. The van der Waals surface area contributed by atoms with Crippen molar-refractivity contribution >= 4 is 17.5 Å². The maximum absolute atomic E-state index is 13.4. The van der Waals surface area contributed by atoms with E-state index in [1.807, 2.05) is 54.6 Å². The molecule has 2 heterocycles. The van der Waals surface area contributed by atoms with E-state index in [9.17, 15) is 9.59 Å². The van der Waals surface area contributed by atoms with Crippen molar-refractivity contribution in [2.24, 2.45) is 0 Å². The predicted molar refractivity (Wildman–Crippen MR) is 107 cm³/mol. The van der Waals surface area contributed by atoms with Crippen LogP contribution in [0.15, 0.2) is 59.0 Å². The molecule has 0 saturated carbocycles. The molecule has 0 fully saturated rings. The van der Waals surface area contributed by atoms with Crippen molar-refractivity contribution in [2.45, 2.75) is 31.7 Å². The van der Waals surface area contributed by atoms with Gasteiger partial charge in [0.15, 0.2) is 0 Å². The molecule has 4 rings (SSSR count). The molecule has 1 atom stereocenters. The molecule has 0 saturated heterocycles. The van der Waals surface area contributed by atoms with Crippen molar-refractivity contribution in [3.8, 4) is 0 Å². The van der Waals surface area contributed by atoms with Gasteiger partial charge in [-0.05, 0) is 23.6 Å². The van der Waals surface area contributed by atoms with E-state index in [4.69, 9.17) is 4.42 Å². The fourth-order valence-electron chi connectivity index (χ4n) is 3.98. The SMILES string of the molecule is Cc1nnc(CNC(=O)CC2(Cc3ccccc3)C(=O)N(C)c3ccccc32)o1. The number of anilines is 1. The average Bonchev–Trinajstić information content (AvgIpc) is 3.23. The Balaban J connectivity index is 1.64. The van der Waals surface area contributed by atoms with E-state index in [2.05, 4.69) is 15.5 Å². The van der Waals surface area contributed by atoms with Gasteiger partial charge in [-0.1, -0.05) is 48.5 Å². The quantitative estimate of drug-likeness (QED) is 0.699. The summed E-state index contributed by atoms with van der Waals surface area (Å²) in [5.41, 5.74) is 1.77. The zero-order chi connectivity index (χ0) is 20.4. The summed E-state index contributed by atoms with van der Waals surface area (Å²) in [4.78, 5) is 27.9. The number of carbonyl (C=O) groups is 2. The lowest BCUT2D eigenvalue weighted by molar-refractivity contribution is -0.129. The van der Waals surface area contributed by atoms with E-state index < -0.39 is 5.41 Å². The van der Waals surface area contributed by atoms with Crippen LogP contribution >= 0.6 is 0 Å². The molecular weight excluding hydrogens is 368 g/mol. The molecule has 0 radical (unpaired) electrons. The second kappa shape index (κ2) is 7.50. The van der Waals surface area contributed by atoms with Crippen LogP contribution in [0.4, 0.5) is 5.69 Å². The molecule has 3 aromatic rings. The lowest BCUT2D eigenvalue weighted by atomic mass is 9.73. The molecular formula is C22H22N4O3. The zero-order valence-corrected chi connectivity index (χ0v) is 16.4. The molecule has 7 nitrogen and oxygen atoms in total. The van der Waals surface area contributed by atoms with E-state index >= 15 is 0 Å². The maximum atomic E-state index is 13.4. The molecule has 1 aliphatic rings. The fourth-order valence-corrected chi connectivity index (χ4v) is 3.98. The molecule has 2 amide bonds. The molecule has 29 heavy (non-hydrogen) atoms. The number of aryl methyl sites for hydroxylation is 1. The Kier molecular flexibility index (Phi) is 4.88. The first kappa shape index (κ1) is 18.9. The first-order valence-corrected chi connectivity index (χ1v) is 9.47. The average molecular weight is 390 g/mol. The molecule has 1 aromatic heterocycles. The van der Waals surface area contributed by atoms with Gasteiger partial charge >= 0.3 is 0 Å². The number of carbonyl (C=O) groups excluding carboxylic acids is 2. The largest absolute Gasteiger partial charge is 0.424 e. The number of hydrogen-bond acceptors (Lipinski definition) is 5. The number of amides is 2. The first-order chi connectivity index (χ1) is 14.0. The van der Waals surface area contributed by atoms with E-state index in [0.29, 0.717) is 18.2 Å². The highest BCUT2D eigenvalue weighted by Crippen LogP contribution is 2.45. The molecule has 7 heteroatoms. The summed E-state index contributed by atoms with van der Waals surface area (Å²) in [6.07, 6.45) is 0.482. The molecule has 0 spiro atoms. The van der Waals surface area contributed by atoms with Gasteiger partial charge in [0.05, 0.1) is 12.0 Å². The van der Waals surface area contributed by atoms with Crippen molar-refractivity contribution in [3.05, 3.63) is 77.5 Å². The normalized spacial score (nSPS) is 18.0. The van der Waals surface area contributed by atoms with Crippen LogP contribution in [0.2, 0.25) is 0 Å². The van der Waals surface area contributed by atoms with Crippen molar-refractivity contribution in [2.75, 3.05) is 11.9 Å². The molecule has 1 aliphatic heterocycles. The summed E-state index contributed by atoms with van der Waals surface area (Å²) in [5, 5.41) is 10.5. The third-order valence-corrected chi connectivity index (χ3v) is 5.31. The standard InChI is InChI=1S/C22H22N4O3/c1-15-24-25-20(29-15)14-23-19(27)13-22(12-16-8-4-3-5-9-16)17-10-6-7-11-18(17)26(2)21(22)28/h3-11H,12-14H2,1-2H3,(H,23,27). The second-order valence-electron chi connectivity index (χ2n) is 7.29. The molecule has 1 unspecified atom stereocenters. The van der Waals surface area contributed by atoms with Crippen LogP contribution in [0.5, 0.6) is 0 Å². The van der Waals surface area contributed by atoms with Gasteiger partial charge in [0, 0.05) is 26.1 Å². The Hall–Kier alpha value is -3.48. The number of nitrogens with zero attached hydrogens (tertiary/aromatic N) is 3. The van der Waals surface area contributed by atoms with E-state index in [1.54, 1.807) is 18.9 Å². The molecule has 148 valence electrons. The van der Waals surface area contributed by atoms with Crippen LogP contribution in [-0.4, -0.2) is 29.1 Å². The Labute approximate surface area is 168 Å². The van der Waals surface area contributed by atoms with Gasteiger partial charge < -0.3 is 14.6 Å². The lowest BCUT2D eigenvalue weighted by Crippen LogP contribution is -2.44. The van der Waals surface area contributed by atoms with Crippen LogP contribution in [0.3, 0.4) is 0 Å². The van der Waals surface area contributed by atoms with Gasteiger partial charge in [-0.2, -0.15) is 0 Å². The van der Waals surface area contributed by atoms with Gasteiger partial charge in [0.1, 0.15) is 0 Å². The van der Waals surface area contributed by atoms with Gasteiger partial charge in [-0.25, -0.2) is 0 Å². The van der Waals surface area contributed by atoms with Gasteiger partial charge in [0.25, 0.3) is 0 Å². The predicted octanol–water partition coefficient (Wildman–Crippen LogP) is 2.54. The van der Waals surface area contributed by atoms with Crippen LogP contribution in [0.1, 0.15) is 29.3 Å². The second-order valence-corrected chi connectivity index (χ2v) is 7.29. The van der Waals surface area contributed by atoms with Crippen molar-refractivity contribution in [1.82, 2.24) is 15.5 Å². The molecule has 0 aliphatic carbocycles. The maximum Gasteiger partial charge on any atom is 0.238 e. The monoisotopic (exact) mass is 390 g/mol. The van der Waals surface area contributed by atoms with Crippen molar-refractivity contribution in [3.63, 3.8) is 0 Å². The van der Waals surface area contributed by atoms with E-state index in [0.717, 1.165) is 16.8 Å². The summed E-state index contributed by atoms with van der Waals surface area (Å²) in [7, 11) is 1.76. The van der Waals surface area contributed by atoms with Crippen LogP contribution < -0.4 is 10.2 Å². The number of para-hydroxylation sites is 1. The van der Waals surface area contributed by atoms with Gasteiger partial charge in [0.2, 0.25) is 23.6 Å². The number of aromatic nitrogens is 2. The van der Waals surface area contributed by atoms with E-state index in [-0.39, 0.29) is 24.8 Å². The minimum absolute atomic E-state index is 0.0369. The van der Waals surface area contributed by atoms with Crippen LogP contribution in [-0.2, 0) is 28.0 Å². The van der Waals surface area contributed by atoms with Crippen molar-refractivity contribution in [1.29, 1.82) is 0 Å². The Morgan fingerprint density at radius 2 is 1.83 bits per heavy atom. The number of nitrogens with one attached hydrogen (secondary N) is 1. The summed E-state index contributed by atoms with van der Waals surface area (Å²) >= 11 is 0. The third-order valence-electron chi connectivity index (χ3n) is 5.31. The number of hydrogen-bond donors (Lipinski definition) is 1. The van der Waals surface area contributed by atoms with Crippen molar-refractivity contribution < 1.29 is 14.0 Å². The van der Waals surface area contributed by atoms with Gasteiger partial charge in [-0.3, -0.25) is 9.59 Å². The summed E-state index contributed by atoms with van der Waals surface area (Å²) in [5.74, 6) is 0.459. The highest BCUT2D eigenvalue weighted by molar-refractivity contribution is 6.09. The molecule has 2 aromatic carbocycles. The van der Waals surface area contributed by atoms with Crippen LogP contribution in [0, 0.1) is 6.92 Å². The molecule has 0 bridgehead atoms. The summed E-state index contributed by atoms with van der Waals surface area (Å²) in [6, 6.07) is 17.4. The number of benzene rings is 2. The number of fused-ring (bicyclic) bond motifs is 1. The molecule has 1 N–H and O–H groups in total. The fraction of sp³-hybridized carbons (Fsp3) is 0.273. The minimum atomic E-state index is -0.957. The van der Waals surface area contributed by atoms with E-state index in [1.165, 1.54) is 0 Å². The first-order valence-electron chi connectivity index (χ1n) is 9.47. The Morgan fingerprint density at radius 3 is 2.55 bits per heavy atom. The zero-order valence-electron chi connectivity index (χ0n) is 16.4. The lowest BCUT2D eigenvalue weighted by Gasteiger charge is -2.28. The highest BCUT2D eigenvalue weighted by atomic mass is 16.4. The third kappa shape index (κ3) is 3.51. The summed E-state index contributed by atoms with van der Waals surface area (Å²) in [6.45, 7) is 1.82.